The highest BCUT2D eigenvalue weighted by atomic mass is 32.2. The summed E-state index contributed by atoms with van der Waals surface area (Å²) in [5.41, 5.74) is 0.436. The van der Waals surface area contributed by atoms with Crippen LogP contribution < -0.4 is 19.5 Å². The smallest absolute Gasteiger partial charge is 0.342 e. The fraction of sp³-hybridized carbons (Fsp3) is 0.415. The standard InChI is InChI=1S/C41H48N4O12S/c1-24-12-11-15-27(46)14-8-6-7-13-25-20-31(47)36(37(49)35(25)41(50)56-24)28(26-21-32(53-2)38(55-4)33(22-26)54-3)23-34(48)43-30(17-19-58(5,51)52)40-44-39(45-57-40)29-16-9-10-18-42-29/h7,9-10,13,16,18,20-22,24,28,30,47,49H,6,8,11-12,14-15,17,19,23H2,1-5H3,(H,43,48)/b13-7+/t24-,28?,30?/m0/s1. The minimum atomic E-state index is -3.51. The zero-order valence-corrected chi connectivity index (χ0v) is 33.8. The number of esters is 1. The molecule has 2 aromatic heterocycles. The number of aromatic hydroxyl groups is 2. The number of sulfone groups is 1. The molecule has 3 atom stereocenters. The SMILES string of the molecule is COc1cc(C(CC(=O)NC(CCS(C)(=O)=O)c2nc(-c3ccccn3)no2)c2c(O)cc3c(c2O)C(=O)O[C@@H](C)CCCC(=O)CCC/C=C/3)cc(OC)c1OC. The number of aromatic nitrogens is 3. The first kappa shape index (κ1) is 43.2. The first-order chi connectivity index (χ1) is 27.7. The number of carbonyl (C=O) groups excluding carboxylic acids is 3. The number of phenolic OH excluding ortho intramolecular Hbond substituents is 2. The van der Waals surface area contributed by atoms with Crippen molar-refractivity contribution in [1.29, 1.82) is 0 Å². The lowest BCUT2D eigenvalue weighted by Gasteiger charge is -2.25. The van der Waals surface area contributed by atoms with Gasteiger partial charge < -0.3 is 39.0 Å². The summed E-state index contributed by atoms with van der Waals surface area (Å²) in [6, 6.07) is 8.41. The average Bonchev–Trinajstić information content (AvgIpc) is 3.68. The number of nitrogens with zero attached hydrogens (tertiary/aromatic N) is 3. The number of Topliss-reactive ketones (excluding diaryl/α,β-unsaturated/α-hetero) is 1. The fourth-order valence-electron chi connectivity index (χ4n) is 6.71. The number of hydrogen-bond acceptors (Lipinski definition) is 15. The molecule has 3 N–H and O–H groups in total. The zero-order chi connectivity index (χ0) is 42.0. The maximum Gasteiger partial charge on any atom is 0.342 e. The van der Waals surface area contributed by atoms with Crippen LogP contribution in [-0.4, -0.2) is 90.9 Å². The number of allylic oxidation sites excluding steroid dienone is 1. The molecule has 0 saturated carbocycles. The van der Waals surface area contributed by atoms with Gasteiger partial charge in [-0.1, -0.05) is 23.4 Å². The minimum Gasteiger partial charge on any atom is -0.507 e. The third-order valence-electron chi connectivity index (χ3n) is 9.62. The summed E-state index contributed by atoms with van der Waals surface area (Å²) in [7, 11) is 0.709. The van der Waals surface area contributed by atoms with Crippen LogP contribution in [-0.2, 0) is 24.2 Å². The molecule has 0 fully saturated rings. The summed E-state index contributed by atoms with van der Waals surface area (Å²) < 4.78 is 52.5. The Bertz CT molecular complexity index is 2220. The van der Waals surface area contributed by atoms with E-state index in [1.807, 2.05) is 0 Å². The number of methoxy groups -OCH3 is 3. The number of fused-ring (bicyclic) bond motifs is 1. The van der Waals surface area contributed by atoms with Crippen LogP contribution in [0.15, 0.2) is 53.2 Å². The second-order valence-corrected chi connectivity index (χ2v) is 16.2. The molecule has 2 aromatic carbocycles. The normalized spacial score (nSPS) is 16.9. The van der Waals surface area contributed by atoms with E-state index in [0.29, 0.717) is 49.8 Å². The van der Waals surface area contributed by atoms with Gasteiger partial charge in [-0.25, -0.2) is 13.2 Å². The van der Waals surface area contributed by atoms with Gasteiger partial charge >= 0.3 is 5.97 Å². The van der Waals surface area contributed by atoms with Gasteiger partial charge in [0.05, 0.1) is 33.2 Å². The highest BCUT2D eigenvalue weighted by Gasteiger charge is 2.33. The number of hydrogen-bond donors (Lipinski definition) is 3. The van der Waals surface area contributed by atoms with Gasteiger partial charge in [0.2, 0.25) is 23.4 Å². The van der Waals surface area contributed by atoms with Gasteiger partial charge in [0.1, 0.15) is 44.4 Å². The summed E-state index contributed by atoms with van der Waals surface area (Å²) in [4.78, 5) is 49.0. The molecule has 3 heterocycles. The van der Waals surface area contributed by atoms with Crippen molar-refractivity contribution in [2.75, 3.05) is 33.3 Å². The minimum absolute atomic E-state index is 0.0768. The molecule has 0 radical (unpaired) electrons. The van der Waals surface area contributed by atoms with Crippen molar-refractivity contribution in [1.82, 2.24) is 20.4 Å². The number of pyridine rings is 1. The molecular weight excluding hydrogens is 773 g/mol. The van der Waals surface area contributed by atoms with Crippen LogP contribution >= 0.6 is 0 Å². The predicted molar refractivity (Wildman–Crippen MR) is 212 cm³/mol. The maximum absolute atomic E-state index is 14.2. The molecule has 0 aliphatic carbocycles. The second-order valence-electron chi connectivity index (χ2n) is 14.0. The van der Waals surface area contributed by atoms with E-state index >= 15 is 0 Å². The van der Waals surface area contributed by atoms with E-state index in [-0.39, 0.29) is 63.6 Å². The lowest BCUT2D eigenvalue weighted by atomic mass is 9.84. The Balaban J connectivity index is 1.62. The Morgan fingerprint density at radius 2 is 1.76 bits per heavy atom. The number of nitrogens with one attached hydrogen (secondary N) is 1. The summed E-state index contributed by atoms with van der Waals surface area (Å²) in [6.45, 7) is 1.69. The molecule has 16 nitrogen and oxygen atoms in total. The van der Waals surface area contributed by atoms with E-state index in [1.165, 1.54) is 27.4 Å². The van der Waals surface area contributed by atoms with Crippen molar-refractivity contribution < 1.29 is 56.5 Å². The van der Waals surface area contributed by atoms with Gasteiger partial charge in [-0.2, -0.15) is 4.98 Å². The Morgan fingerprint density at radius 1 is 1.03 bits per heavy atom. The number of carbonyl (C=O) groups is 3. The Labute approximate surface area is 336 Å². The van der Waals surface area contributed by atoms with E-state index in [4.69, 9.17) is 23.5 Å². The summed E-state index contributed by atoms with van der Waals surface area (Å²) >= 11 is 0. The number of rotatable bonds is 13. The second kappa shape index (κ2) is 19.5. The number of benzene rings is 2. The van der Waals surface area contributed by atoms with Gasteiger partial charge in [0.15, 0.2) is 11.5 Å². The van der Waals surface area contributed by atoms with Crippen LogP contribution in [0.25, 0.3) is 17.6 Å². The van der Waals surface area contributed by atoms with Crippen LogP contribution in [0.4, 0.5) is 0 Å². The Hall–Kier alpha value is -5.97. The summed E-state index contributed by atoms with van der Waals surface area (Å²) in [5, 5.41) is 30.6. The molecule has 1 amide bonds. The fourth-order valence-corrected chi connectivity index (χ4v) is 7.38. The lowest BCUT2D eigenvalue weighted by Crippen LogP contribution is -2.31. The van der Waals surface area contributed by atoms with Crippen molar-refractivity contribution in [3.63, 3.8) is 0 Å². The molecule has 310 valence electrons. The van der Waals surface area contributed by atoms with Gasteiger partial charge in [-0.15, -0.1) is 0 Å². The van der Waals surface area contributed by atoms with Gasteiger partial charge in [0, 0.05) is 43.2 Å². The van der Waals surface area contributed by atoms with Gasteiger partial charge in [-0.3, -0.25) is 14.6 Å². The van der Waals surface area contributed by atoms with E-state index in [9.17, 15) is 33.0 Å². The molecule has 4 aromatic rings. The first-order valence-corrected chi connectivity index (χ1v) is 20.8. The van der Waals surface area contributed by atoms with Crippen molar-refractivity contribution in [2.45, 2.75) is 76.4 Å². The van der Waals surface area contributed by atoms with Crippen LogP contribution in [0.5, 0.6) is 28.7 Å². The highest BCUT2D eigenvalue weighted by Crippen LogP contribution is 2.48. The Kier molecular flexibility index (Phi) is 14.5. The highest BCUT2D eigenvalue weighted by molar-refractivity contribution is 7.90. The molecule has 2 unspecified atom stereocenters. The quantitative estimate of drug-likeness (QED) is 0.134. The number of ketones is 1. The van der Waals surface area contributed by atoms with E-state index < -0.39 is 57.7 Å². The van der Waals surface area contributed by atoms with Crippen LogP contribution in [0.2, 0.25) is 0 Å². The van der Waals surface area contributed by atoms with Crippen molar-refractivity contribution in [3.05, 3.63) is 76.8 Å². The number of amides is 1. The van der Waals surface area contributed by atoms with Crippen molar-refractivity contribution in [3.8, 4) is 40.3 Å². The van der Waals surface area contributed by atoms with Gasteiger partial charge in [0.25, 0.3) is 0 Å². The van der Waals surface area contributed by atoms with E-state index in [0.717, 1.165) is 6.26 Å². The third-order valence-corrected chi connectivity index (χ3v) is 10.6. The molecule has 1 aliphatic heterocycles. The Morgan fingerprint density at radius 3 is 2.41 bits per heavy atom. The van der Waals surface area contributed by atoms with Crippen molar-refractivity contribution in [2.24, 2.45) is 0 Å². The first-order valence-electron chi connectivity index (χ1n) is 18.7. The predicted octanol–water partition coefficient (Wildman–Crippen LogP) is 5.86. The van der Waals surface area contributed by atoms with Gasteiger partial charge in [-0.05, 0) is 80.5 Å². The van der Waals surface area contributed by atoms with E-state index in [1.54, 1.807) is 55.6 Å². The van der Waals surface area contributed by atoms with Crippen LogP contribution in [0.3, 0.4) is 0 Å². The molecule has 58 heavy (non-hydrogen) atoms. The maximum atomic E-state index is 14.2. The largest absolute Gasteiger partial charge is 0.507 e. The average molecular weight is 821 g/mol. The third kappa shape index (κ3) is 10.9. The van der Waals surface area contributed by atoms with Crippen molar-refractivity contribution >= 4 is 33.6 Å². The molecule has 0 bridgehead atoms. The number of cyclic esters (lactones) is 1. The molecule has 0 saturated heterocycles. The molecular formula is C41H48N4O12S. The summed E-state index contributed by atoms with van der Waals surface area (Å²) in [5.74, 6) is -3.37. The molecule has 1 aliphatic rings. The van der Waals surface area contributed by atoms with Crippen LogP contribution in [0, 0.1) is 0 Å². The monoisotopic (exact) mass is 820 g/mol. The number of ether oxygens (including phenoxy) is 4. The molecule has 17 heteroatoms. The number of phenols is 2. The molecule has 5 rings (SSSR count). The van der Waals surface area contributed by atoms with E-state index in [2.05, 4.69) is 20.4 Å². The topological polar surface area (TPSA) is 227 Å². The van der Waals surface area contributed by atoms with Crippen LogP contribution in [0.1, 0.15) is 103 Å². The molecule has 0 spiro atoms. The lowest BCUT2D eigenvalue weighted by molar-refractivity contribution is -0.122. The zero-order valence-electron chi connectivity index (χ0n) is 33.0. The summed E-state index contributed by atoms with van der Waals surface area (Å²) in [6.07, 6.45) is 7.44.